The average molecular weight is 703 g/mol. The van der Waals surface area contributed by atoms with Gasteiger partial charge in [-0.05, 0) is 93.4 Å². The molecule has 0 amide bonds. The summed E-state index contributed by atoms with van der Waals surface area (Å²) in [5.74, 6) is 1.15. The summed E-state index contributed by atoms with van der Waals surface area (Å²) in [5, 5.41) is 13.5. The molecule has 0 fully saturated rings. The lowest BCUT2D eigenvalue weighted by atomic mass is 9.91. The maximum absolute atomic E-state index is 5.43. The molecule has 0 bridgehead atoms. The quantitative estimate of drug-likeness (QED) is 0.172. The van der Waals surface area contributed by atoms with Crippen molar-refractivity contribution in [2.45, 2.75) is 13.3 Å². The fourth-order valence-electron chi connectivity index (χ4n) is 9.46. The Kier molecular flexibility index (Phi) is 6.35. The van der Waals surface area contributed by atoms with Crippen LogP contribution in [0.1, 0.15) is 19.0 Å². The SMILES string of the molecule is CC1C=CC=C(c2nc(-n3c4ccccc4c4c5c6ccccc6c6cc7c(cc6c5ccc43)c3ccccc3n7-c3ccccc3)nc3ccccc23)C1. The molecular weight excluding hydrogens is 669 g/mol. The molecule has 4 heteroatoms. The molecule has 3 heterocycles. The van der Waals surface area contributed by atoms with E-state index in [1.54, 1.807) is 0 Å². The Balaban J connectivity index is 1.22. The van der Waals surface area contributed by atoms with Crippen LogP contribution in [0.4, 0.5) is 0 Å². The topological polar surface area (TPSA) is 35.6 Å². The number of hydrogen-bond acceptors (Lipinski definition) is 2. The molecule has 12 rings (SSSR count). The minimum atomic E-state index is 0.455. The van der Waals surface area contributed by atoms with Gasteiger partial charge in [0, 0.05) is 38.0 Å². The normalized spacial score (nSPS) is 14.8. The first-order chi connectivity index (χ1) is 27.2. The molecule has 0 saturated heterocycles. The lowest BCUT2D eigenvalue weighted by molar-refractivity contribution is 0.746. The second-order valence-corrected chi connectivity index (χ2v) is 15.0. The number of aromatic nitrogens is 4. The standard InChI is InChI=1S/C51H34N4/c1-31-14-13-15-32(28-31)50-38-21-7-10-23-43(38)52-51(53-50)55-45-25-12-9-22-39(45)49-46(55)27-26-37-40-29-42-35-19-8-11-24-44(35)54(33-16-3-2-4-17-33)47(42)30-41(40)34-18-5-6-20-36(34)48(37)49/h2-27,29-31H,28H2,1H3. The highest BCUT2D eigenvalue weighted by Gasteiger charge is 2.23. The molecule has 0 aliphatic heterocycles. The highest BCUT2D eigenvalue weighted by molar-refractivity contribution is 6.36. The summed E-state index contributed by atoms with van der Waals surface area (Å²) in [5.41, 5.74) is 9.00. The van der Waals surface area contributed by atoms with Gasteiger partial charge in [-0.25, -0.2) is 9.97 Å². The van der Waals surface area contributed by atoms with Crippen LogP contribution in [0.15, 0.2) is 170 Å². The largest absolute Gasteiger partial charge is 0.309 e. The predicted molar refractivity (Wildman–Crippen MR) is 232 cm³/mol. The second-order valence-electron chi connectivity index (χ2n) is 15.0. The minimum absolute atomic E-state index is 0.455. The number of rotatable bonds is 3. The minimum Gasteiger partial charge on any atom is -0.309 e. The molecule has 3 aromatic heterocycles. The van der Waals surface area contributed by atoms with E-state index < -0.39 is 0 Å². The summed E-state index contributed by atoms with van der Waals surface area (Å²) < 4.78 is 4.70. The number of nitrogens with zero attached hydrogens (tertiary/aromatic N) is 4. The molecule has 1 atom stereocenters. The summed E-state index contributed by atoms with van der Waals surface area (Å²) in [6, 6.07) is 55.2. The second kappa shape index (κ2) is 11.5. The zero-order valence-corrected chi connectivity index (χ0v) is 30.2. The van der Waals surface area contributed by atoms with E-state index in [0.29, 0.717) is 11.9 Å². The number of para-hydroxylation sites is 4. The van der Waals surface area contributed by atoms with Crippen LogP contribution >= 0.6 is 0 Å². The highest BCUT2D eigenvalue weighted by Crippen LogP contribution is 2.45. The maximum Gasteiger partial charge on any atom is 0.235 e. The van der Waals surface area contributed by atoms with Crippen LogP contribution in [0.5, 0.6) is 0 Å². The molecule has 0 saturated carbocycles. The molecule has 0 N–H and O–H groups in total. The Morgan fingerprint density at radius 1 is 0.473 bits per heavy atom. The maximum atomic E-state index is 5.43. The van der Waals surface area contributed by atoms with Crippen molar-refractivity contribution in [2.24, 2.45) is 5.92 Å². The van der Waals surface area contributed by atoms with E-state index in [9.17, 15) is 0 Å². The first-order valence-corrected chi connectivity index (χ1v) is 19.1. The van der Waals surface area contributed by atoms with E-state index in [-0.39, 0.29) is 0 Å². The first kappa shape index (κ1) is 30.4. The van der Waals surface area contributed by atoms with Gasteiger partial charge in [0.1, 0.15) is 0 Å². The third-order valence-electron chi connectivity index (χ3n) is 11.8. The third kappa shape index (κ3) is 4.34. The summed E-state index contributed by atoms with van der Waals surface area (Å²) >= 11 is 0. The van der Waals surface area contributed by atoms with Crippen molar-refractivity contribution in [3.8, 4) is 11.6 Å². The van der Waals surface area contributed by atoms with Crippen LogP contribution in [-0.4, -0.2) is 19.1 Å². The summed E-state index contributed by atoms with van der Waals surface area (Å²) in [4.78, 5) is 10.7. The number of hydrogen-bond donors (Lipinski definition) is 0. The average Bonchev–Trinajstić information content (AvgIpc) is 3.75. The Labute approximate surface area is 316 Å². The van der Waals surface area contributed by atoms with Crippen LogP contribution in [0.25, 0.3) is 104 Å². The Hall–Kier alpha value is -7.04. The van der Waals surface area contributed by atoms with Gasteiger partial charge in [0.25, 0.3) is 0 Å². The Morgan fingerprint density at radius 3 is 1.95 bits per heavy atom. The van der Waals surface area contributed by atoms with Crippen LogP contribution in [-0.2, 0) is 0 Å². The lowest BCUT2D eigenvalue weighted by Gasteiger charge is -2.17. The van der Waals surface area contributed by atoms with Gasteiger partial charge < -0.3 is 4.57 Å². The fraction of sp³-hybridized carbons (Fsp3) is 0.0588. The van der Waals surface area contributed by atoms with E-state index >= 15 is 0 Å². The Morgan fingerprint density at radius 2 is 1.13 bits per heavy atom. The van der Waals surface area contributed by atoms with Gasteiger partial charge in [-0.3, -0.25) is 4.57 Å². The van der Waals surface area contributed by atoms with Crippen LogP contribution in [0, 0.1) is 5.92 Å². The number of fused-ring (bicyclic) bond motifs is 14. The highest BCUT2D eigenvalue weighted by atomic mass is 15.2. The van der Waals surface area contributed by atoms with E-state index in [0.717, 1.165) is 39.7 Å². The predicted octanol–water partition coefficient (Wildman–Crippen LogP) is 13.3. The number of benzene rings is 8. The first-order valence-electron chi connectivity index (χ1n) is 19.1. The monoisotopic (exact) mass is 702 g/mol. The van der Waals surface area contributed by atoms with Gasteiger partial charge in [0.05, 0.1) is 33.3 Å². The molecule has 1 aliphatic rings. The Bertz CT molecular complexity index is 3470. The van der Waals surface area contributed by atoms with E-state index in [1.807, 2.05) is 0 Å². The van der Waals surface area contributed by atoms with Gasteiger partial charge in [0.2, 0.25) is 5.95 Å². The smallest absolute Gasteiger partial charge is 0.235 e. The molecule has 258 valence electrons. The van der Waals surface area contributed by atoms with Gasteiger partial charge in [0.15, 0.2) is 0 Å². The van der Waals surface area contributed by atoms with Crippen molar-refractivity contribution in [1.29, 1.82) is 0 Å². The molecule has 1 aliphatic carbocycles. The summed E-state index contributed by atoms with van der Waals surface area (Å²) in [6.07, 6.45) is 7.62. The number of allylic oxidation sites excluding steroid dienone is 4. The van der Waals surface area contributed by atoms with Crippen molar-refractivity contribution >= 4 is 92.4 Å². The molecular formula is C51H34N4. The molecule has 11 aromatic rings. The van der Waals surface area contributed by atoms with Crippen molar-refractivity contribution < 1.29 is 0 Å². The van der Waals surface area contributed by atoms with Crippen molar-refractivity contribution in [3.05, 3.63) is 176 Å². The lowest BCUT2D eigenvalue weighted by Crippen LogP contribution is -2.07. The van der Waals surface area contributed by atoms with Crippen LogP contribution in [0.3, 0.4) is 0 Å². The molecule has 0 spiro atoms. The molecule has 4 nitrogen and oxygen atoms in total. The van der Waals surface area contributed by atoms with E-state index in [4.69, 9.17) is 9.97 Å². The third-order valence-corrected chi connectivity index (χ3v) is 11.8. The van der Waals surface area contributed by atoms with Gasteiger partial charge in [-0.1, -0.05) is 128 Å². The molecule has 55 heavy (non-hydrogen) atoms. The zero-order chi connectivity index (χ0) is 36.2. The van der Waals surface area contributed by atoms with Crippen LogP contribution in [0.2, 0.25) is 0 Å². The van der Waals surface area contributed by atoms with Gasteiger partial charge in [-0.15, -0.1) is 0 Å². The van der Waals surface area contributed by atoms with Crippen molar-refractivity contribution in [3.63, 3.8) is 0 Å². The van der Waals surface area contributed by atoms with E-state index in [2.05, 4.69) is 186 Å². The van der Waals surface area contributed by atoms with Gasteiger partial charge in [-0.2, -0.15) is 0 Å². The molecule has 0 radical (unpaired) electrons. The van der Waals surface area contributed by atoms with Crippen molar-refractivity contribution in [1.82, 2.24) is 19.1 Å². The zero-order valence-electron chi connectivity index (χ0n) is 30.2. The van der Waals surface area contributed by atoms with Gasteiger partial charge >= 0.3 is 0 Å². The molecule has 1 unspecified atom stereocenters. The summed E-state index contributed by atoms with van der Waals surface area (Å²) in [7, 11) is 0. The van der Waals surface area contributed by atoms with E-state index in [1.165, 1.54) is 70.5 Å². The van der Waals surface area contributed by atoms with Crippen LogP contribution < -0.4 is 0 Å². The summed E-state index contributed by atoms with van der Waals surface area (Å²) in [6.45, 7) is 2.27. The van der Waals surface area contributed by atoms with Crippen molar-refractivity contribution in [2.75, 3.05) is 0 Å². The fourth-order valence-corrected chi connectivity index (χ4v) is 9.46. The molecule has 8 aromatic carbocycles.